The van der Waals surface area contributed by atoms with E-state index < -0.39 is 59.3 Å². The lowest BCUT2D eigenvalue weighted by Crippen LogP contribution is -2.52. The summed E-state index contributed by atoms with van der Waals surface area (Å²) in [6.45, 7) is 8.54. The predicted molar refractivity (Wildman–Crippen MR) is 189 cm³/mol. The molecule has 0 aliphatic heterocycles. The molecule has 51 heavy (non-hydrogen) atoms. The Kier molecular flexibility index (Phi) is 16.5. The van der Waals surface area contributed by atoms with Gasteiger partial charge in [-0.25, -0.2) is 9.59 Å². The highest BCUT2D eigenvalue weighted by Crippen LogP contribution is 2.18. The Balaban J connectivity index is 1.97. The number of aliphatic carboxylic acids is 2. The van der Waals surface area contributed by atoms with Gasteiger partial charge in [-0.2, -0.15) is 0 Å². The minimum absolute atomic E-state index is 0.0367. The van der Waals surface area contributed by atoms with E-state index in [4.69, 9.17) is 4.74 Å². The third kappa shape index (κ3) is 17.1. The SMILES string of the molecule is CC(C)CC(NC(=O)Cc1ccc(N/C(=C/[N+](=O)[O-])Nc2ccccc2)cc1)C(=O)NC(CCOCC(NC(=O)CC(C)(C)C)C(=O)O)C(=O)O. The van der Waals surface area contributed by atoms with Gasteiger partial charge in [0.2, 0.25) is 17.7 Å². The second-order valence-electron chi connectivity index (χ2n) is 13.5. The van der Waals surface area contributed by atoms with Gasteiger partial charge in [0.05, 0.1) is 18.0 Å². The first-order valence-corrected chi connectivity index (χ1v) is 16.4. The van der Waals surface area contributed by atoms with Gasteiger partial charge in [-0.05, 0) is 47.6 Å². The quantitative estimate of drug-likeness (QED) is 0.0561. The molecule has 278 valence electrons. The van der Waals surface area contributed by atoms with Crippen molar-refractivity contribution in [1.29, 1.82) is 0 Å². The fourth-order valence-electron chi connectivity index (χ4n) is 4.71. The van der Waals surface area contributed by atoms with Crippen LogP contribution >= 0.6 is 0 Å². The molecule has 0 saturated heterocycles. The van der Waals surface area contributed by atoms with E-state index in [0.29, 0.717) is 16.9 Å². The second-order valence-corrected chi connectivity index (χ2v) is 13.5. The molecule has 3 unspecified atom stereocenters. The maximum Gasteiger partial charge on any atom is 0.328 e. The third-order valence-electron chi connectivity index (χ3n) is 7.02. The molecule has 2 aromatic carbocycles. The minimum atomic E-state index is -1.39. The molecule has 16 nitrogen and oxygen atoms in total. The fourth-order valence-corrected chi connectivity index (χ4v) is 4.71. The first-order valence-electron chi connectivity index (χ1n) is 16.4. The number of carbonyl (C=O) groups is 5. The summed E-state index contributed by atoms with van der Waals surface area (Å²) in [5.41, 5.74) is 1.38. The molecule has 0 fully saturated rings. The van der Waals surface area contributed by atoms with Crippen molar-refractivity contribution >= 4 is 41.0 Å². The molecule has 3 amide bonds. The molecule has 0 spiro atoms. The topological polar surface area (TPSA) is 238 Å². The monoisotopic (exact) mass is 712 g/mol. The zero-order valence-electron chi connectivity index (χ0n) is 29.4. The number of benzene rings is 2. The molecule has 0 aliphatic rings. The van der Waals surface area contributed by atoms with Gasteiger partial charge in [0, 0.05) is 30.8 Å². The standard InChI is InChI=1S/C35H48N6O10/c1-22(2)17-27(32(44)40-26(33(45)46)15-16-51-21-28(34(47)48)39-31(43)19-35(3,4)5)38-30(42)18-23-11-13-25(14-12-23)37-29(20-41(49)50)36-24-9-7-6-8-10-24/h6-14,20,22,26-28,36-37H,15-19,21H2,1-5H3,(H,38,42)(H,39,43)(H,40,44)(H,45,46)(H,47,48)/b29-20+. The van der Waals surface area contributed by atoms with Gasteiger partial charge < -0.3 is 41.5 Å². The van der Waals surface area contributed by atoms with Crippen molar-refractivity contribution in [2.75, 3.05) is 23.8 Å². The van der Waals surface area contributed by atoms with Gasteiger partial charge >= 0.3 is 11.9 Å². The van der Waals surface area contributed by atoms with E-state index in [2.05, 4.69) is 26.6 Å². The van der Waals surface area contributed by atoms with Crippen LogP contribution in [0.3, 0.4) is 0 Å². The lowest BCUT2D eigenvalue weighted by molar-refractivity contribution is -0.403. The highest BCUT2D eigenvalue weighted by Gasteiger charge is 2.28. The van der Waals surface area contributed by atoms with Gasteiger partial charge in [-0.15, -0.1) is 0 Å². The summed E-state index contributed by atoms with van der Waals surface area (Å²) < 4.78 is 5.36. The first kappa shape index (κ1) is 41.7. The number of amides is 3. The maximum absolute atomic E-state index is 13.2. The van der Waals surface area contributed by atoms with Crippen molar-refractivity contribution < 1.29 is 43.8 Å². The summed E-state index contributed by atoms with van der Waals surface area (Å²) in [5.74, 6) is -4.23. The number of rotatable bonds is 21. The number of nitrogens with zero attached hydrogens (tertiary/aromatic N) is 1. The van der Waals surface area contributed by atoms with Crippen LogP contribution in [0.5, 0.6) is 0 Å². The Bertz CT molecular complexity index is 1520. The van der Waals surface area contributed by atoms with Crippen LogP contribution in [-0.4, -0.2) is 76.1 Å². The van der Waals surface area contributed by atoms with Crippen LogP contribution in [0.1, 0.15) is 59.4 Å². The summed E-state index contributed by atoms with van der Waals surface area (Å²) in [6, 6.07) is 11.7. The molecular weight excluding hydrogens is 664 g/mol. The lowest BCUT2D eigenvalue weighted by Gasteiger charge is -2.23. The van der Waals surface area contributed by atoms with Crippen LogP contribution in [-0.2, 0) is 35.1 Å². The van der Waals surface area contributed by atoms with Crippen LogP contribution in [0.4, 0.5) is 11.4 Å². The Morgan fingerprint density at radius 3 is 1.92 bits per heavy atom. The third-order valence-corrected chi connectivity index (χ3v) is 7.02. The number of para-hydroxylation sites is 1. The van der Waals surface area contributed by atoms with E-state index in [1.54, 1.807) is 48.5 Å². The highest BCUT2D eigenvalue weighted by atomic mass is 16.6. The number of hydrogen-bond donors (Lipinski definition) is 7. The molecule has 0 heterocycles. The van der Waals surface area contributed by atoms with Crippen molar-refractivity contribution in [3.63, 3.8) is 0 Å². The molecule has 0 aromatic heterocycles. The van der Waals surface area contributed by atoms with Gasteiger partial charge in [0.15, 0.2) is 11.9 Å². The van der Waals surface area contributed by atoms with Crippen molar-refractivity contribution in [3.8, 4) is 0 Å². The molecule has 16 heteroatoms. The summed E-state index contributed by atoms with van der Waals surface area (Å²) in [5, 5.41) is 43.7. The van der Waals surface area contributed by atoms with Gasteiger partial charge in [-0.1, -0.05) is 65.0 Å². The number of carboxylic acids is 2. The van der Waals surface area contributed by atoms with Crippen LogP contribution in [0.25, 0.3) is 0 Å². The van der Waals surface area contributed by atoms with E-state index >= 15 is 0 Å². The first-order chi connectivity index (χ1) is 23.9. The Hall–Kier alpha value is -5.51. The van der Waals surface area contributed by atoms with E-state index in [0.717, 1.165) is 6.20 Å². The Labute approximate surface area is 296 Å². The van der Waals surface area contributed by atoms with Crippen molar-refractivity contribution in [1.82, 2.24) is 16.0 Å². The zero-order valence-corrected chi connectivity index (χ0v) is 29.4. The fraction of sp³-hybridized carbons (Fsp3) is 0.457. The number of hydrogen-bond acceptors (Lipinski definition) is 10. The lowest BCUT2D eigenvalue weighted by atomic mass is 9.92. The summed E-state index contributed by atoms with van der Waals surface area (Å²) in [6.07, 6.45) is 0.807. The average Bonchev–Trinajstić information content (AvgIpc) is 3.01. The molecule has 0 bridgehead atoms. The molecule has 0 saturated carbocycles. The molecular formula is C35H48N6O10. The summed E-state index contributed by atoms with van der Waals surface area (Å²) >= 11 is 0. The van der Waals surface area contributed by atoms with Gasteiger partial charge in [-0.3, -0.25) is 24.5 Å². The summed E-state index contributed by atoms with van der Waals surface area (Å²) in [7, 11) is 0. The van der Waals surface area contributed by atoms with Crippen LogP contribution in [0.2, 0.25) is 0 Å². The number of carbonyl (C=O) groups excluding carboxylic acids is 3. The number of ether oxygens (including phenoxy) is 1. The number of carboxylic acid groups (broad SMARTS) is 2. The largest absolute Gasteiger partial charge is 0.480 e. The van der Waals surface area contributed by atoms with Crippen molar-refractivity contribution in [2.24, 2.45) is 11.3 Å². The smallest absolute Gasteiger partial charge is 0.328 e. The molecule has 2 rings (SSSR count). The highest BCUT2D eigenvalue weighted by molar-refractivity contribution is 5.91. The molecule has 2 aromatic rings. The van der Waals surface area contributed by atoms with Crippen molar-refractivity contribution in [2.45, 2.75) is 78.4 Å². The number of nitro groups is 1. The minimum Gasteiger partial charge on any atom is -0.480 e. The average molecular weight is 713 g/mol. The van der Waals surface area contributed by atoms with E-state index in [9.17, 15) is 44.3 Å². The number of anilines is 2. The Morgan fingerprint density at radius 1 is 0.824 bits per heavy atom. The number of nitrogens with one attached hydrogen (secondary N) is 5. The Morgan fingerprint density at radius 2 is 1.39 bits per heavy atom. The van der Waals surface area contributed by atoms with E-state index in [1.807, 2.05) is 40.7 Å². The molecule has 0 aliphatic carbocycles. The van der Waals surface area contributed by atoms with Gasteiger partial charge in [0.1, 0.15) is 12.1 Å². The normalized spacial score (nSPS) is 13.3. The van der Waals surface area contributed by atoms with Crippen LogP contribution in [0.15, 0.2) is 66.6 Å². The van der Waals surface area contributed by atoms with E-state index in [1.165, 1.54) is 0 Å². The molecule has 3 atom stereocenters. The molecule has 7 N–H and O–H groups in total. The second kappa shape index (κ2) is 20.2. The zero-order chi connectivity index (χ0) is 38.1. The van der Waals surface area contributed by atoms with Crippen molar-refractivity contribution in [3.05, 3.63) is 82.3 Å². The van der Waals surface area contributed by atoms with Crippen LogP contribution in [0, 0.1) is 21.4 Å². The van der Waals surface area contributed by atoms with Gasteiger partial charge in [0.25, 0.3) is 6.20 Å². The predicted octanol–water partition coefficient (Wildman–Crippen LogP) is 3.34. The summed E-state index contributed by atoms with van der Waals surface area (Å²) in [4.78, 5) is 72.4. The maximum atomic E-state index is 13.2. The van der Waals surface area contributed by atoms with Crippen LogP contribution < -0.4 is 26.6 Å². The molecule has 0 radical (unpaired) electrons. The van der Waals surface area contributed by atoms with E-state index in [-0.39, 0.29) is 49.4 Å².